The maximum Gasteiger partial charge on any atom is 0.338 e. The topological polar surface area (TPSA) is 82.7 Å². The van der Waals surface area contributed by atoms with E-state index in [4.69, 9.17) is 40.2 Å². The number of amides is 2. The summed E-state index contributed by atoms with van der Waals surface area (Å²) in [7, 11) is 1.79. The summed E-state index contributed by atoms with van der Waals surface area (Å²) in [5.41, 5.74) is 2.95. The zero-order valence-corrected chi connectivity index (χ0v) is 20.9. The van der Waals surface area contributed by atoms with Crippen LogP contribution >= 0.6 is 35.4 Å². The summed E-state index contributed by atoms with van der Waals surface area (Å²) in [6, 6.07) is 11.1. The maximum absolute atomic E-state index is 12.8. The molecule has 0 aromatic heterocycles. The number of rotatable bonds is 5. The highest BCUT2D eigenvalue weighted by Crippen LogP contribution is 2.32. The number of nitrogens with zero attached hydrogens (tertiary/aromatic N) is 1. The number of ether oxygens (including phenoxy) is 1. The lowest BCUT2D eigenvalue weighted by Crippen LogP contribution is -2.46. The van der Waals surface area contributed by atoms with Crippen molar-refractivity contribution in [2.45, 2.75) is 32.9 Å². The first-order valence-electron chi connectivity index (χ1n) is 10.2. The van der Waals surface area contributed by atoms with E-state index in [1.54, 1.807) is 56.1 Å². The quantitative estimate of drug-likeness (QED) is 0.355. The molecular formula is C23H24Cl2N4O3S. The molecule has 1 heterocycles. The second-order valence-corrected chi connectivity index (χ2v) is 8.87. The minimum Gasteiger partial charge on any atom is -0.459 e. The molecule has 1 aliphatic heterocycles. The first-order valence-corrected chi connectivity index (χ1v) is 11.3. The van der Waals surface area contributed by atoms with Gasteiger partial charge in [-0.1, -0.05) is 41.4 Å². The standard InChI is InChI=1S/C23H24Cl2N4O3S/c1-12(2)32-21(30)18-13(3)29(4)23(33)28-20(18)14-8-10-15(11-9-14)26-22(31)27-17-7-5-6-16(24)19(17)25/h5-12,20H,1-4H3,(H,28,33)(H2,26,27,31)/t20-/m1/s1. The van der Waals surface area contributed by atoms with E-state index in [2.05, 4.69) is 16.0 Å². The Hall–Kier alpha value is -2.81. The van der Waals surface area contributed by atoms with Gasteiger partial charge in [0.15, 0.2) is 5.11 Å². The van der Waals surface area contributed by atoms with E-state index in [-0.39, 0.29) is 11.1 Å². The molecular weight excluding hydrogens is 483 g/mol. The predicted octanol–water partition coefficient (Wildman–Crippen LogP) is 5.72. The summed E-state index contributed by atoms with van der Waals surface area (Å²) in [5.74, 6) is -0.408. The summed E-state index contributed by atoms with van der Waals surface area (Å²) >= 11 is 17.5. The highest BCUT2D eigenvalue weighted by atomic mass is 35.5. The van der Waals surface area contributed by atoms with Gasteiger partial charge >= 0.3 is 12.0 Å². The van der Waals surface area contributed by atoms with Crippen LogP contribution in [0.15, 0.2) is 53.7 Å². The van der Waals surface area contributed by atoms with Crippen molar-refractivity contribution in [2.24, 2.45) is 0 Å². The van der Waals surface area contributed by atoms with Gasteiger partial charge in [-0.05, 0) is 62.8 Å². The number of carbonyl (C=O) groups is 2. The van der Waals surface area contributed by atoms with Gasteiger partial charge in [0, 0.05) is 18.4 Å². The Bertz CT molecular complexity index is 1120. The minimum atomic E-state index is -0.479. The largest absolute Gasteiger partial charge is 0.459 e. The number of halogens is 2. The summed E-state index contributed by atoms with van der Waals surface area (Å²) in [6.07, 6.45) is -0.254. The maximum atomic E-state index is 12.8. The molecule has 2 amide bonds. The van der Waals surface area contributed by atoms with Crippen molar-refractivity contribution in [2.75, 3.05) is 17.7 Å². The fraction of sp³-hybridized carbons (Fsp3) is 0.261. The molecule has 7 nitrogen and oxygen atoms in total. The number of nitrogens with one attached hydrogen (secondary N) is 3. The van der Waals surface area contributed by atoms with E-state index in [0.717, 1.165) is 11.3 Å². The van der Waals surface area contributed by atoms with Gasteiger partial charge in [-0.25, -0.2) is 9.59 Å². The Labute approximate surface area is 208 Å². The highest BCUT2D eigenvalue weighted by Gasteiger charge is 2.33. The Morgan fingerprint density at radius 2 is 1.79 bits per heavy atom. The van der Waals surface area contributed by atoms with Gasteiger partial charge in [-0.15, -0.1) is 0 Å². The smallest absolute Gasteiger partial charge is 0.338 e. The molecule has 174 valence electrons. The third-order valence-electron chi connectivity index (χ3n) is 5.02. The molecule has 3 rings (SSSR count). The van der Waals surface area contributed by atoms with Crippen molar-refractivity contribution in [3.05, 3.63) is 69.3 Å². The van der Waals surface area contributed by atoms with Crippen LogP contribution in [0.2, 0.25) is 10.0 Å². The van der Waals surface area contributed by atoms with Gasteiger partial charge in [0.05, 0.1) is 33.5 Å². The van der Waals surface area contributed by atoms with Gasteiger partial charge in [0.25, 0.3) is 0 Å². The lowest BCUT2D eigenvalue weighted by molar-refractivity contribution is -0.143. The van der Waals surface area contributed by atoms with Crippen molar-refractivity contribution in [3.8, 4) is 0 Å². The Morgan fingerprint density at radius 3 is 2.42 bits per heavy atom. The average Bonchev–Trinajstić information content (AvgIpc) is 2.75. The molecule has 0 aliphatic carbocycles. The third kappa shape index (κ3) is 5.76. The van der Waals surface area contributed by atoms with E-state index >= 15 is 0 Å². The summed E-state index contributed by atoms with van der Waals surface area (Å²) < 4.78 is 5.45. The summed E-state index contributed by atoms with van der Waals surface area (Å²) in [5, 5.41) is 9.70. The fourth-order valence-corrected chi connectivity index (χ4v) is 3.87. The van der Waals surface area contributed by atoms with Crippen molar-refractivity contribution in [1.82, 2.24) is 10.2 Å². The number of carbonyl (C=O) groups excluding carboxylic acids is 2. The number of hydrogen-bond donors (Lipinski definition) is 3. The van der Waals surface area contributed by atoms with E-state index in [1.165, 1.54) is 0 Å². The predicted molar refractivity (Wildman–Crippen MR) is 136 cm³/mol. The molecule has 33 heavy (non-hydrogen) atoms. The Kier molecular flexibility index (Phi) is 7.84. The molecule has 0 bridgehead atoms. The molecule has 10 heteroatoms. The van der Waals surface area contributed by atoms with Crippen LogP contribution in [0.3, 0.4) is 0 Å². The lowest BCUT2D eigenvalue weighted by atomic mass is 9.95. The number of hydrogen-bond acceptors (Lipinski definition) is 4. The number of allylic oxidation sites excluding steroid dienone is 1. The number of esters is 1. The molecule has 3 N–H and O–H groups in total. The van der Waals surface area contributed by atoms with Crippen LogP contribution in [0.1, 0.15) is 32.4 Å². The van der Waals surface area contributed by atoms with Crippen LogP contribution in [-0.4, -0.2) is 35.2 Å². The SMILES string of the molecule is CC1=C(C(=O)OC(C)C)[C@@H](c2ccc(NC(=O)Nc3cccc(Cl)c3Cl)cc2)NC(=S)N1C. The number of urea groups is 1. The van der Waals surface area contributed by atoms with Crippen LogP contribution in [0.4, 0.5) is 16.2 Å². The van der Waals surface area contributed by atoms with E-state index in [0.29, 0.717) is 27.1 Å². The van der Waals surface area contributed by atoms with Gasteiger partial charge in [-0.3, -0.25) is 0 Å². The van der Waals surface area contributed by atoms with Crippen LogP contribution in [0, 0.1) is 0 Å². The molecule has 2 aromatic rings. The Morgan fingerprint density at radius 1 is 1.12 bits per heavy atom. The first-order chi connectivity index (χ1) is 15.6. The van der Waals surface area contributed by atoms with Crippen LogP contribution in [-0.2, 0) is 9.53 Å². The monoisotopic (exact) mass is 506 g/mol. The molecule has 0 saturated heterocycles. The second-order valence-electron chi connectivity index (χ2n) is 7.70. The molecule has 0 fully saturated rings. The highest BCUT2D eigenvalue weighted by molar-refractivity contribution is 7.80. The first kappa shape index (κ1) is 24.8. The third-order valence-corrected chi connectivity index (χ3v) is 6.23. The van der Waals surface area contributed by atoms with E-state index in [1.807, 2.05) is 19.1 Å². The van der Waals surface area contributed by atoms with Gasteiger partial charge in [0.1, 0.15) is 0 Å². The molecule has 2 aromatic carbocycles. The van der Waals surface area contributed by atoms with Gasteiger partial charge < -0.3 is 25.6 Å². The van der Waals surface area contributed by atoms with Crippen LogP contribution in [0.25, 0.3) is 0 Å². The van der Waals surface area contributed by atoms with Crippen LogP contribution in [0.5, 0.6) is 0 Å². The normalized spacial score (nSPS) is 15.9. The molecule has 0 spiro atoms. The zero-order chi connectivity index (χ0) is 24.3. The van der Waals surface area contributed by atoms with E-state index in [9.17, 15) is 9.59 Å². The number of thiocarbonyl (C=S) groups is 1. The molecule has 0 radical (unpaired) electrons. The minimum absolute atomic E-state index is 0.254. The average molecular weight is 507 g/mol. The zero-order valence-electron chi connectivity index (χ0n) is 18.5. The van der Waals surface area contributed by atoms with Crippen LogP contribution < -0.4 is 16.0 Å². The van der Waals surface area contributed by atoms with Crippen molar-refractivity contribution in [1.29, 1.82) is 0 Å². The second kappa shape index (κ2) is 10.4. The van der Waals surface area contributed by atoms with Crippen molar-refractivity contribution in [3.63, 3.8) is 0 Å². The van der Waals surface area contributed by atoms with Crippen molar-refractivity contribution >= 4 is 63.9 Å². The Balaban J connectivity index is 1.78. The number of benzene rings is 2. The van der Waals surface area contributed by atoms with Gasteiger partial charge in [-0.2, -0.15) is 0 Å². The molecule has 0 unspecified atom stereocenters. The summed E-state index contributed by atoms with van der Waals surface area (Å²) in [4.78, 5) is 26.9. The fourth-order valence-electron chi connectivity index (χ4n) is 3.27. The van der Waals surface area contributed by atoms with Crippen molar-refractivity contribution < 1.29 is 14.3 Å². The van der Waals surface area contributed by atoms with Gasteiger partial charge in [0.2, 0.25) is 0 Å². The molecule has 1 atom stereocenters. The van der Waals surface area contributed by atoms with E-state index < -0.39 is 18.0 Å². The molecule has 1 aliphatic rings. The lowest BCUT2D eigenvalue weighted by Gasteiger charge is -2.35. The molecule has 0 saturated carbocycles. The number of anilines is 2. The summed E-state index contributed by atoms with van der Waals surface area (Å²) in [6.45, 7) is 5.43.